The number of carbonyl (C=O) groups excluding carboxylic acids is 2. The molecule has 3 rings (SSSR count). The van der Waals surface area contributed by atoms with Gasteiger partial charge in [0.2, 0.25) is 11.8 Å². The second kappa shape index (κ2) is 14.2. The molecule has 214 valence electrons. The van der Waals surface area contributed by atoms with Crippen molar-refractivity contribution < 1.29 is 18.0 Å². The van der Waals surface area contributed by atoms with Gasteiger partial charge in [-0.25, -0.2) is 8.42 Å². The molecule has 0 bridgehead atoms. The number of amides is 2. The van der Waals surface area contributed by atoms with Gasteiger partial charge in [-0.05, 0) is 73.9 Å². The van der Waals surface area contributed by atoms with Crippen molar-refractivity contribution in [1.29, 1.82) is 0 Å². The van der Waals surface area contributed by atoms with Gasteiger partial charge in [0.05, 0.1) is 20.6 Å². The lowest BCUT2D eigenvalue weighted by molar-refractivity contribution is -0.140. The third kappa shape index (κ3) is 7.91. The summed E-state index contributed by atoms with van der Waals surface area (Å²) >= 11 is 18.4. The van der Waals surface area contributed by atoms with Crippen LogP contribution in [0.5, 0.6) is 0 Å². The maximum atomic E-state index is 14.0. The number of sulfonamides is 1. The van der Waals surface area contributed by atoms with E-state index in [1.54, 1.807) is 55.5 Å². The molecule has 3 aromatic rings. The van der Waals surface area contributed by atoms with Gasteiger partial charge in [0.25, 0.3) is 10.0 Å². The highest BCUT2D eigenvalue weighted by molar-refractivity contribution is 7.92. The van der Waals surface area contributed by atoms with Gasteiger partial charge in [-0.15, -0.1) is 0 Å². The van der Waals surface area contributed by atoms with Crippen LogP contribution >= 0.6 is 34.8 Å². The quantitative estimate of drug-likeness (QED) is 0.247. The number of benzene rings is 3. The Kier molecular flexibility index (Phi) is 11.3. The number of carbonyl (C=O) groups is 2. The highest BCUT2D eigenvalue weighted by atomic mass is 35.5. The standard InChI is InChI=1S/C29H32Cl3N3O4S/c1-4-20(3)33-29(37)27(5-2)34(18-21-11-16-25(31)26(32)17-21)28(36)19-35(23-14-12-22(30)13-15-23)40(38,39)24-9-7-6-8-10-24/h6-17,20,27H,4-5,18-19H2,1-3H3,(H,33,37)/t20-,27-/m0/s1. The molecule has 0 aliphatic carbocycles. The molecule has 7 nitrogen and oxygen atoms in total. The van der Waals surface area contributed by atoms with Gasteiger partial charge in [-0.3, -0.25) is 13.9 Å². The normalized spacial score (nSPS) is 12.8. The first-order valence-electron chi connectivity index (χ1n) is 12.8. The molecule has 0 spiro atoms. The van der Waals surface area contributed by atoms with Gasteiger partial charge in [-0.1, -0.05) is 72.9 Å². The highest BCUT2D eigenvalue weighted by Gasteiger charge is 2.34. The average molecular weight is 625 g/mol. The Balaban J connectivity index is 2.06. The van der Waals surface area contributed by atoms with E-state index >= 15 is 0 Å². The number of hydrogen-bond donors (Lipinski definition) is 1. The number of nitrogens with one attached hydrogen (secondary N) is 1. The lowest BCUT2D eigenvalue weighted by atomic mass is 10.1. The Labute approximate surface area is 251 Å². The molecule has 11 heteroatoms. The molecule has 0 aromatic heterocycles. The predicted molar refractivity (Wildman–Crippen MR) is 161 cm³/mol. The second-order valence-electron chi connectivity index (χ2n) is 9.31. The van der Waals surface area contributed by atoms with E-state index in [0.29, 0.717) is 33.5 Å². The number of rotatable bonds is 12. The summed E-state index contributed by atoms with van der Waals surface area (Å²) in [6.07, 6.45) is 1.02. The van der Waals surface area contributed by atoms with Crippen molar-refractivity contribution in [2.45, 2.75) is 57.1 Å². The van der Waals surface area contributed by atoms with Crippen molar-refractivity contribution >= 4 is 62.3 Å². The minimum atomic E-state index is -4.15. The van der Waals surface area contributed by atoms with Crippen LogP contribution in [0.1, 0.15) is 39.2 Å². The Bertz CT molecular complexity index is 1420. The molecule has 0 saturated carbocycles. The van der Waals surface area contributed by atoms with Gasteiger partial charge in [0.15, 0.2) is 0 Å². The van der Waals surface area contributed by atoms with Crippen LogP contribution in [0.2, 0.25) is 15.1 Å². The van der Waals surface area contributed by atoms with E-state index in [4.69, 9.17) is 34.8 Å². The van der Waals surface area contributed by atoms with E-state index in [2.05, 4.69) is 5.32 Å². The smallest absolute Gasteiger partial charge is 0.264 e. The zero-order valence-electron chi connectivity index (χ0n) is 22.5. The van der Waals surface area contributed by atoms with Crippen molar-refractivity contribution in [2.75, 3.05) is 10.8 Å². The van der Waals surface area contributed by atoms with Crippen LogP contribution in [0.25, 0.3) is 0 Å². The van der Waals surface area contributed by atoms with Crippen molar-refractivity contribution in [3.63, 3.8) is 0 Å². The van der Waals surface area contributed by atoms with Crippen molar-refractivity contribution in [3.8, 4) is 0 Å². The summed E-state index contributed by atoms with van der Waals surface area (Å²) in [5.41, 5.74) is 0.898. The highest BCUT2D eigenvalue weighted by Crippen LogP contribution is 2.27. The van der Waals surface area contributed by atoms with Crippen LogP contribution in [0.3, 0.4) is 0 Å². The fraction of sp³-hybridized carbons (Fsp3) is 0.310. The van der Waals surface area contributed by atoms with Gasteiger partial charge < -0.3 is 10.2 Å². The molecule has 0 unspecified atom stereocenters. The summed E-state index contributed by atoms with van der Waals surface area (Å²) in [6.45, 7) is 5.09. The summed E-state index contributed by atoms with van der Waals surface area (Å²) < 4.78 is 28.6. The lowest BCUT2D eigenvalue weighted by Gasteiger charge is -2.33. The van der Waals surface area contributed by atoms with E-state index in [9.17, 15) is 18.0 Å². The molecule has 0 aliphatic heterocycles. The first-order chi connectivity index (χ1) is 19.0. The Morgan fingerprint density at radius 3 is 2.10 bits per heavy atom. The van der Waals surface area contributed by atoms with Gasteiger partial charge in [-0.2, -0.15) is 0 Å². The monoisotopic (exact) mass is 623 g/mol. The molecular formula is C29H32Cl3N3O4S. The topological polar surface area (TPSA) is 86.8 Å². The Morgan fingerprint density at radius 1 is 0.875 bits per heavy atom. The van der Waals surface area contributed by atoms with Gasteiger partial charge in [0, 0.05) is 17.6 Å². The second-order valence-corrected chi connectivity index (χ2v) is 12.4. The number of hydrogen-bond acceptors (Lipinski definition) is 4. The molecule has 40 heavy (non-hydrogen) atoms. The van der Waals surface area contributed by atoms with E-state index in [-0.39, 0.29) is 29.1 Å². The SMILES string of the molecule is CC[C@H](C)NC(=O)[C@H](CC)N(Cc1ccc(Cl)c(Cl)c1)C(=O)CN(c1ccc(Cl)cc1)S(=O)(=O)c1ccccc1. The summed E-state index contributed by atoms with van der Waals surface area (Å²) in [5, 5.41) is 4.02. The molecule has 0 fully saturated rings. The molecule has 0 heterocycles. The molecule has 2 amide bonds. The van der Waals surface area contributed by atoms with Crippen LogP contribution in [0, 0.1) is 0 Å². The largest absolute Gasteiger partial charge is 0.352 e. The van der Waals surface area contributed by atoms with E-state index < -0.39 is 28.5 Å². The summed E-state index contributed by atoms with van der Waals surface area (Å²) in [4.78, 5) is 28.8. The molecule has 2 atom stereocenters. The molecule has 0 saturated heterocycles. The van der Waals surface area contributed by atoms with Crippen LogP contribution in [-0.2, 0) is 26.2 Å². The number of halogens is 3. The van der Waals surface area contributed by atoms with Crippen LogP contribution < -0.4 is 9.62 Å². The molecule has 0 aliphatic rings. The molecule has 0 radical (unpaired) electrons. The van der Waals surface area contributed by atoms with Crippen LogP contribution in [0.4, 0.5) is 5.69 Å². The zero-order chi connectivity index (χ0) is 29.4. The lowest BCUT2D eigenvalue weighted by Crippen LogP contribution is -2.53. The van der Waals surface area contributed by atoms with Crippen molar-refractivity contribution in [1.82, 2.24) is 10.2 Å². The third-order valence-electron chi connectivity index (χ3n) is 6.45. The van der Waals surface area contributed by atoms with Gasteiger partial charge in [0.1, 0.15) is 12.6 Å². The maximum Gasteiger partial charge on any atom is 0.264 e. The minimum absolute atomic E-state index is 0.0159. The summed E-state index contributed by atoms with van der Waals surface area (Å²) in [5.74, 6) is -0.888. The van der Waals surface area contributed by atoms with Crippen LogP contribution in [-0.4, -0.2) is 43.8 Å². The maximum absolute atomic E-state index is 14.0. The summed E-state index contributed by atoms with van der Waals surface area (Å²) in [6, 6.07) is 18.0. The fourth-order valence-electron chi connectivity index (χ4n) is 4.05. The van der Waals surface area contributed by atoms with Crippen molar-refractivity contribution in [3.05, 3.63) is 93.4 Å². The predicted octanol–water partition coefficient (Wildman–Crippen LogP) is 6.56. The Morgan fingerprint density at radius 2 is 1.52 bits per heavy atom. The zero-order valence-corrected chi connectivity index (χ0v) is 25.6. The average Bonchev–Trinajstić information content (AvgIpc) is 2.94. The number of nitrogens with zero attached hydrogens (tertiary/aromatic N) is 2. The van der Waals surface area contributed by atoms with Crippen LogP contribution in [0.15, 0.2) is 77.7 Å². The molecule has 1 N–H and O–H groups in total. The first-order valence-corrected chi connectivity index (χ1v) is 15.4. The fourth-order valence-corrected chi connectivity index (χ4v) is 5.93. The van der Waals surface area contributed by atoms with E-state index in [0.717, 1.165) is 4.31 Å². The summed E-state index contributed by atoms with van der Waals surface area (Å²) in [7, 11) is -4.15. The number of anilines is 1. The Hall–Kier alpha value is -2.78. The van der Waals surface area contributed by atoms with Gasteiger partial charge >= 0.3 is 0 Å². The van der Waals surface area contributed by atoms with E-state index in [1.807, 2.05) is 13.8 Å². The van der Waals surface area contributed by atoms with Crippen molar-refractivity contribution in [2.24, 2.45) is 0 Å². The van der Waals surface area contributed by atoms with E-state index in [1.165, 1.54) is 29.2 Å². The first kappa shape index (κ1) is 31.7. The molecular weight excluding hydrogens is 593 g/mol. The molecule has 3 aromatic carbocycles. The minimum Gasteiger partial charge on any atom is -0.352 e. The third-order valence-corrected chi connectivity index (χ3v) is 9.23.